The van der Waals surface area contributed by atoms with Gasteiger partial charge >= 0.3 is 0 Å². The van der Waals surface area contributed by atoms with E-state index in [1.165, 1.54) is 0 Å². The van der Waals surface area contributed by atoms with Crippen molar-refractivity contribution in [2.45, 2.75) is 19.4 Å². The Labute approximate surface area is 188 Å². The maximum Gasteiger partial charge on any atom is 0.227 e. The molecule has 8 nitrogen and oxygen atoms in total. The highest BCUT2D eigenvalue weighted by atomic mass is 16.5. The number of aromatic nitrogens is 2. The van der Waals surface area contributed by atoms with Gasteiger partial charge < -0.3 is 25.0 Å². The Hall–Kier alpha value is -3.55. The van der Waals surface area contributed by atoms with Crippen molar-refractivity contribution in [2.24, 2.45) is 5.92 Å². The summed E-state index contributed by atoms with van der Waals surface area (Å²) in [6, 6.07) is 13.7. The second-order valence-electron chi connectivity index (χ2n) is 8.07. The molecule has 1 aliphatic heterocycles. The molecular formula is C24H29N5O3. The van der Waals surface area contributed by atoms with Gasteiger partial charge in [-0.3, -0.25) is 4.79 Å². The first kappa shape index (κ1) is 21.7. The molecule has 2 heterocycles. The highest BCUT2D eigenvalue weighted by Crippen LogP contribution is 2.34. The van der Waals surface area contributed by atoms with Crippen molar-refractivity contribution in [2.75, 3.05) is 45.0 Å². The predicted molar refractivity (Wildman–Crippen MR) is 125 cm³/mol. The maximum absolute atomic E-state index is 12.9. The van der Waals surface area contributed by atoms with E-state index in [1.807, 2.05) is 48.3 Å². The Balaban J connectivity index is 1.45. The molecular weight excluding hydrogens is 406 g/mol. The fraction of sp³-hybridized carbons (Fsp3) is 0.375. The van der Waals surface area contributed by atoms with Crippen LogP contribution in [0.3, 0.4) is 0 Å². The third-order valence-corrected chi connectivity index (χ3v) is 5.98. The van der Waals surface area contributed by atoms with E-state index in [9.17, 15) is 4.79 Å². The van der Waals surface area contributed by atoms with E-state index in [4.69, 9.17) is 20.2 Å². The van der Waals surface area contributed by atoms with Gasteiger partial charge in [0.1, 0.15) is 5.82 Å². The van der Waals surface area contributed by atoms with Crippen molar-refractivity contribution < 1.29 is 14.3 Å². The van der Waals surface area contributed by atoms with Crippen LogP contribution in [0.15, 0.2) is 42.5 Å². The fourth-order valence-corrected chi connectivity index (χ4v) is 4.18. The van der Waals surface area contributed by atoms with Gasteiger partial charge in [0.15, 0.2) is 11.5 Å². The lowest BCUT2D eigenvalue weighted by atomic mass is 9.95. The van der Waals surface area contributed by atoms with Crippen LogP contribution < -0.4 is 20.1 Å². The van der Waals surface area contributed by atoms with Gasteiger partial charge in [-0.2, -0.15) is 4.98 Å². The molecule has 0 bridgehead atoms. The van der Waals surface area contributed by atoms with Crippen LogP contribution in [0.4, 0.5) is 11.8 Å². The molecule has 0 aliphatic carbocycles. The summed E-state index contributed by atoms with van der Waals surface area (Å²) in [4.78, 5) is 26.1. The molecule has 0 saturated carbocycles. The van der Waals surface area contributed by atoms with Crippen LogP contribution in [-0.4, -0.2) is 55.1 Å². The van der Waals surface area contributed by atoms with E-state index >= 15 is 0 Å². The molecule has 1 fully saturated rings. The number of fused-ring (bicyclic) bond motifs is 1. The number of piperidine rings is 1. The lowest BCUT2D eigenvalue weighted by Gasteiger charge is -2.33. The number of nitrogen functional groups attached to an aromatic ring is 1. The van der Waals surface area contributed by atoms with Crippen molar-refractivity contribution in [3.63, 3.8) is 0 Å². The molecule has 168 valence electrons. The largest absolute Gasteiger partial charge is 0.493 e. The number of ether oxygens (including phenoxy) is 2. The number of benzene rings is 2. The monoisotopic (exact) mass is 435 g/mol. The van der Waals surface area contributed by atoms with Crippen LogP contribution >= 0.6 is 0 Å². The summed E-state index contributed by atoms with van der Waals surface area (Å²) in [5, 5.41) is 0.721. The van der Waals surface area contributed by atoms with Gasteiger partial charge in [0.05, 0.1) is 19.7 Å². The number of hydrogen-bond acceptors (Lipinski definition) is 7. The summed E-state index contributed by atoms with van der Waals surface area (Å²) in [6.45, 7) is 2.02. The number of carbonyl (C=O) groups excluding carboxylic acids is 1. The number of hydrogen-bond donors (Lipinski definition) is 1. The smallest absolute Gasteiger partial charge is 0.227 e. The summed E-state index contributed by atoms with van der Waals surface area (Å²) in [6.07, 6.45) is 1.51. The lowest BCUT2D eigenvalue weighted by molar-refractivity contribution is -0.135. The van der Waals surface area contributed by atoms with Crippen LogP contribution in [0.25, 0.3) is 10.9 Å². The van der Waals surface area contributed by atoms with E-state index in [0.29, 0.717) is 48.4 Å². The minimum absolute atomic E-state index is 0.00196. The van der Waals surface area contributed by atoms with E-state index < -0.39 is 0 Å². The minimum Gasteiger partial charge on any atom is -0.493 e. The van der Waals surface area contributed by atoms with E-state index in [1.54, 1.807) is 20.3 Å². The lowest BCUT2D eigenvalue weighted by Crippen LogP contribution is -2.41. The molecule has 2 N–H and O–H groups in total. The second kappa shape index (κ2) is 9.30. The summed E-state index contributed by atoms with van der Waals surface area (Å²) in [7, 11) is 5.04. The standard InChI is InChI=1S/C24H29N5O3/c1-28(15-16-7-5-4-6-8-16)23(30)17-9-11-29(12-10-17)24-26-19-14-21(32-3)20(31-2)13-18(19)22(25)27-24/h4-8,13-14,17H,9-12,15H2,1-3H3,(H2,25,26,27). The van der Waals surface area contributed by atoms with Crippen LogP contribution in [0.1, 0.15) is 18.4 Å². The molecule has 0 atom stereocenters. The minimum atomic E-state index is 0.00196. The van der Waals surface area contributed by atoms with Gasteiger partial charge in [-0.05, 0) is 24.5 Å². The average Bonchev–Trinajstić information content (AvgIpc) is 2.83. The molecule has 32 heavy (non-hydrogen) atoms. The molecule has 0 unspecified atom stereocenters. The summed E-state index contributed by atoms with van der Waals surface area (Å²) >= 11 is 0. The van der Waals surface area contributed by atoms with Gasteiger partial charge in [-0.15, -0.1) is 0 Å². The van der Waals surface area contributed by atoms with E-state index in [0.717, 1.165) is 23.8 Å². The number of carbonyl (C=O) groups is 1. The zero-order valence-corrected chi connectivity index (χ0v) is 18.7. The highest BCUT2D eigenvalue weighted by molar-refractivity contribution is 5.91. The Morgan fingerprint density at radius 2 is 1.75 bits per heavy atom. The Morgan fingerprint density at radius 3 is 2.41 bits per heavy atom. The third-order valence-electron chi connectivity index (χ3n) is 5.98. The molecule has 1 amide bonds. The quantitative estimate of drug-likeness (QED) is 0.636. The first-order valence-corrected chi connectivity index (χ1v) is 10.7. The zero-order chi connectivity index (χ0) is 22.7. The molecule has 1 aromatic heterocycles. The molecule has 0 radical (unpaired) electrons. The van der Waals surface area contributed by atoms with Crippen molar-refractivity contribution in [1.29, 1.82) is 0 Å². The summed E-state index contributed by atoms with van der Waals surface area (Å²) < 4.78 is 10.7. The molecule has 0 spiro atoms. The number of nitrogens with two attached hydrogens (primary N) is 1. The van der Waals surface area contributed by atoms with E-state index in [-0.39, 0.29) is 11.8 Å². The topological polar surface area (TPSA) is 93.8 Å². The SMILES string of the molecule is COc1cc2nc(N3CCC(C(=O)N(C)Cc4ccccc4)CC3)nc(N)c2cc1OC. The number of anilines is 2. The molecule has 1 saturated heterocycles. The summed E-state index contributed by atoms with van der Waals surface area (Å²) in [5.41, 5.74) is 8.06. The van der Waals surface area contributed by atoms with Gasteiger partial charge in [-0.25, -0.2) is 4.98 Å². The van der Waals surface area contributed by atoms with Gasteiger partial charge in [0.2, 0.25) is 11.9 Å². The summed E-state index contributed by atoms with van der Waals surface area (Å²) in [5.74, 6) is 2.33. The number of amides is 1. The van der Waals surface area contributed by atoms with Crippen molar-refractivity contribution >= 4 is 28.6 Å². The van der Waals surface area contributed by atoms with Crippen molar-refractivity contribution in [1.82, 2.24) is 14.9 Å². The molecule has 8 heteroatoms. The molecule has 2 aromatic carbocycles. The second-order valence-corrected chi connectivity index (χ2v) is 8.07. The predicted octanol–water partition coefficient (Wildman–Crippen LogP) is 3.10. The van der Waals surface area contributed by atoms with Crippen LogP contribution in [0, 0.1) is 5.92 Å². The van der Waals surface area contributed by atoms with Crippen LogP contribution in [0.5, 0.6) is 11.5 Å². The Morgan fingerprint density at radius 1 is 1.09 bits per heavy atom. The Kier molecular flexibility index (Phi) is 6.30. The number of methoxy groups -OCH3 is 2. The first-order chi connectivity index (χ1) is 15.5. The third kappa shape index (κ3) is 4.39. The van der Waals surface area contributed by atoms with Crippen molar-refractivity contribution in [3.05, 3.63) is 48.0 Å². The maximum atomic E-state index is 12.9. The molecule has 3 aromatic rings. The highest BCUT2D eigenvalue weighted by Gasteiger charge is 2.28. The van der Waals surface area contributed by atoms with Gasteiger partial charge in [0, 0.05) is 44.1 Å². The molecule has 1 aliphatic rings. The fourth-order valence-electron chi connectivity index (χ4n) is 4.18. The molecule has 4 rings (SSSR count). The van der Waals surface area contributed by atoms with Crippen LogP contribution in [0.2, 0.25) is 0 Å². The number of rotatable bonds is 6. The van der Waals surface area contributed by atoms with Crippen LogP contribution in [-0.2, 0) is 11.3 Å². The average molecular weight is 436 g/mol. The zero-order valence-electron chi connectivity index (χ0n) is 18.7. The Bertz CT molecular complexity index is 1100. The normalized spacial score (nSPS) is 14.4. The van der Waals surface area contributed by atoms with Gasteiger partial charge in [0.25, 0.3) is 0 Å². The van der Waals surface area contributed by atoms with Gasteiger partial charge in [-0.1, -0.05) is 30.3 Å². The first-order valence-electron chi connectivity index (χ1n) is 10.7. The van der Waals surface area contributed by atoms with E-state index in [2.05, 4.69) is 9.88 Å². The number of nitrogens with zero attached hydrogens (tertiary/aromatic N) is 4. The van der Waals surface area contributed by atoms with Crippen molar-refractivity contribution in [3.8, 4) is 11.5 Å².